The predicted octanol–water partition coefficient (Wildman–Crippen LogP) is 3.86. The lowest BCUT2D eigenvalue weighted by Crippen LogP contribution is -2.21. The van der Waals surface area contributed by atoms with Crippen LogP contribution in [0.2, 0.25) is 0 Å². The summed E-state index contributed by atoms with van der Waals surface area (Å²) in [5, 5.41) is 18.4. The molecule has 1 unspecified atom stereocenters. The largest absolute Gasteiger partial charge is 0.448 e. The third kappa shape index (κ3) is 6.99. The van der Waals surface area contributed by atoms with E-state index >= 15 is 0 Å². The van der Waals surface area contributed by atoms with Gasteiger partial charge >= 0.3 is 6.09 Å². The fourth-order valence-corrected chi connectivity index (χ4v) is 4.20. The first kappa shape index (κ1) is 26.6. The lowest BCUT2D eigenvalue weighted by molar-refractivity contribution is -0.105. The third-order valence-corrected chi connectivity index (χ3v) is 6.58. The van der Waals surface area contributed by atoms with Crippen LogP contribution >= 0.6 is 0 Å². The molecule has 0 spiro atoms. The summed E-state index contributed by atoms with van der Waals surface area (Å²) in [6.45, 7) is 3.52. The highest BCUT2D eigenvalue weighted by atomic mass is 32.2. The average Bonchev–Trinajstić information content (AvgIpc) is 2.85. The molecule has 0 aliphatic rings. The summed E-state index contributed by atoms with van der Waals surface area (Å²) < 4.78 is 21.2. The number of ether oxygens (including phenoxy) is 1. The van der Waals surface area contributed by atoms with Gasteiger partial charge in [-0.1, -0.05) is 12.1 Å². The van der Waals surface area contributed by atoms with Crippen LogP contribution in [0, 0.1) is 0 Å². The Kier molecular flexibility index (Phi) is 8.92. The molecule has 0 radical (unpaired) electrons. The van der Waals surface area contributed by atoms with Crippen LogP contribution in [0.25, 0.3) is 11.1 Å². The molecular weight excluding hydrogens is 484 g/mol. The van der Waals surface area contributed by atoms with E-state index < -0.39 is 15.8 Å². The van der Waals surface area contributed by atoms with Crippen LogP contribution in [0.3, 0.4) is 0 Å². The van der Waals surface area contributed by atoms with E-state index in [-0.39, 0.29) is 19.3 Å². The van der Waals surface area contributed by atoms with E-state index in [2.05, 4.69) is 30.3 Å². The van der Waals surface area contributed by atoms with E-state index in [1.165, 1.54) is 6.26 Å². The van der Waals surface area contributed by atoms with Crippen LogP contribution < -0.4 is 16.0 Å². The third-order valence-electron chi connectivity index (χ3n) is 4.93. The smallest absolute Gasteiger partial charge is 0.442 e. The lowest BCUT2D eigenvalue weighted by Gasteiger charge is -2.17. The molecule has 0 fully saturated rings. The highest BCUT2D eigenvalue weighted by molar-refractivity contribution is 7.93. The maximum atomic E-state index is 12.8. The minimum atomic E-state index is -2.95. The summed E-state index contributed by atoms with van der Waals surface area (Å²) in [6, 6.07) is 13.5. The Balaban J connectivity index is 1.86. The van der Waals surface area contributed by atoms with Gasteiger partial charge in [-0.25, -0.2) is 14.0 Å². The first-order valence-corrected chi connectivity index (χ1v) is 13.0. The molecule has 3 aromatic rings. The van der Waals surface area contributed by atoms with Crippen LogP contribution in [0.15, 0.2) is 64.0 Å². The highest BCUT2D eigenvalue weighted by Gasteiger charge is 2.14. The summed E-state index contributed by atoms with van der Waals surface area (Å²) in [5.41, 5.74) is 2.81. The van der Waals surface area contributed by atoms with Gasteiger partial charge in [-0.2, -0.15) is 4.98 Å². The van der Waals surface area contributed by atoms with Crippen molar-refractivity contribution in [2.45, 2.75) is 24.8 Å². The maximum absolute atomic E-state index is 12.8. The Morgan fingerprint density at radius 1 is 1.17 bits per heavy atom. The number of carbonyl (C=O) groups is 2. The number of nitrogens with zero attached hydrogens (tertiary/aromatic N) is 3. The minimum Gasteiger partial charge on any atom is -0.448 e. The van der Waals surface area contributed by atoms with Gasteiger partial charge in [0.15, 0.2) is 0 Å². The highest BCUT2D eigenvalue weighted by Crippen LogP contribution is 2.29. The molecular formula is C24H28N6O5S. The Labute approximate surface area is 209 Å². The van der Waals surface area contributed by atoms with Crippen molar-refractivity contribution in [3.8, 4) is 11.1 Å². The van der Waals surface area contributed by atoms with Gasteiger partial charge in [-0.05, 0) is 55.8 Å². The van der Waals surface area contributed by atoms with E-state index in [0.29, 0.717) is 40.0 Å². The molecule has 0 saturated carbocycles. The maximum Gasteiger partial charge on any atom is 0.442 e. The van der Waals surface area contributed by atoms with Crippen molar-refractivity contribution in [1.29, 1.82) is 0 Å². The molecule has 36 heavy (non-hydrogen) atoms. The summed E-state index contributed by atoms with van der Waals surface area (Å²) >= 11 is 0. The zero-order valence-corrected chi connectivity index (χ0v) is 20.9. The number of benzene rings is 2. The Bertz CT molecular complexity index is 1320. The van der Waals surface area contributed by atoms with Gasteiger partial charge in [0, 0.05) is 40.3 Å². The zero-order chi connectivity index (χ0) is 26.1. The predicted molar refractivity (Wildman–Crippen MR) is 139 cm³/mol. The lowest BCUT2D eigenvalue weighted by atomic mass is 10.1. The fourth-order valence-electron chi connectivity index (χ4n) is 3.12. The number of aromatic nitrogens is 2. The topological polar surface area (TPSA) is 155 Å². The molecule has 11 nitrogen and oxygen atoms in total. The summed E-state index contributed by atoms with van der Waals surface area (Å²) in [7, 11) is -2.95. The number of rotatable bonds is 10. The second-order valence-electron chi connectivity index (χ2n) is 7.77. The van der Waals surface area contributed by atoms with E-state index in [0.717, 1.165) is 5.56 Å². The van der Waals surface area contributed by atoms with Gasteiger partial charge in [0.25, 0.3) is 0 Å². The van der Waals surface area contributed by atoms with Crippen LogP contribution in [-0.4, -0.2) is 57.3 Å². The van der Waals surface area contributed by atoms with E-state index in [1.54, 1.807) is 49.5 Å². The average molecular weight is 513 g/mol. The molecule has 0 saturated heterocycles. The van der Waals surface area contributed by atoms with Gasteiger partial charge in [0.05, 0.1) is 22.9 Å². The number of anilines is 4. The summed E-state index contributed by atoms with van der Waals surface area (Å²) in [5.74, 6) is 0.804. The number of carbonyl (C=O) groups excluding carboxylic acids is 2. The van der Waals surface area contributed by atoms with Crippen molar-refractivity contribution in [2.24, 2.45) is 4.36 Å². The molecule has 4 N–H and O–H groups in total. The van der Waals surface area contributed by atoms with Crippen LogP contribution in [0.5, 0.6) is 0 Å². The van der Waals surface area contributed by atoms with Gasteiger partial charge in [0.1, 0.15) is 5.82 Å². The van der Waals surface area contributed by atoms with Crippen molar-refractivity contribution >= 4 is 45.4 Å². The number of aliphatic hydroxyl groups is 1. The molecule has 190 valence electrons. The number of hydrogen-bond donors (Lipinski definition) is 4. The molecule has 12 heteroatoms. The summed E-state index contributed by atoms with van der Waals surface area (Å²) in [6.07, 6.45) is 2.76. The van der Waals surface area contributed by atoms with Gasteiger partial charge in [-0.3, -0.25) is 4.79 Å². The van der Waals surface area contributed by atoms with Gasteiger partial charge in [0.2, 0.25) is 12.4 Å². The summed E-state index contributed by atoms with van der Waals surface area (Å²) in [4.78, 5) is 31.6. The first-order valence-electron chi connectivity index (χ1n) is 11.1. The van der Waals surface area contributed by atoms with Crippen molar-refractivity contribution in [1.82, 2.24) is 9.97 Å². The van der Waals surface area contributed by atoms with Gasteiger partial charge < -0.3 is 25.8 Å². The van der Waals surface area contributed by atoms with Gasteiger partial charge in [-0.15, -0.1) is 4.36 Å². The Hall–Kier alpha value is -4.03. The van der Waals surface area contributed by atoms with E-state index in [9.17, 15) is 18.9 Å². The first-order chi connectivity index (χ1) is 17.2. The standard InChI is InChI=1S/C24H28N6O5S/c1-4-35-24(33)30-36(3,34)20-11-9-19(10-12-20)28-23-25-13-21(22(29-23)27-16(2)14-31)17-5-7-18(8-6-17)26-15-32/h5-13,15-16,31H,4,14H2,1-3H3,(H,26,32)(H2,25,27,28,29)/t16-,36?/m1/s1. The molecule has 0 bridgehead atoms. The molecule has 2 amide bonds. The van der Waals surface area contributed by atoms with E-state index in [4.69, 9.17) is 4.74 Å². The van der Waals surface area contributed by atoms with E-state index in [1.807, 2.05) is 19.1 Å². The zero-order valence-electron chi connectivity index (χ0n) is 20.1. The molecule has 0 aliphatic heterocycles. The SMILES string of the molecule is CCOC(=O)N=S(C)(=O)c1ccc(Nc2ncc(-c3ccc(NC=O)cc3)c(N[C@H](C)CO)n2)cc1. The molecule has 2 aromatic carbocycles. The van der Waals surface area contributed by atoms with Crippen molar-refractivity contribution in [3.63, 3.8) is 0 Å². The molecule has 2 atom stereocenters. The number of nitrogens with one attached hydrogen (secondary N) is 3. The number of hydrogen-bond acceptors (Lipinski definition) is 9. The monoisotopic (exact) mass is 512 g/mol. The van der Waals surface area contributed by atoms with Crippen molar-refractivity contribution in [3.05, 3.63) is 54.7 Å². The minimum absolute atomic E-state index is 0.0942. The quantitative estimate of drug-likeness (QED) is 0.296. The molecule has 1 aromatic heterocycles. The Morgan fingerprint density at radius 2 is 1.83 bits per heavy atom. The van der Waals surface area contributed by atoms with Crippen LogP contribution in [0.4, 0.5) is 27.9 Å². The molecule has 1 heterocycles. The fraction of sp³-hybridized carbons (Fsp3) is 0.250. The van der Waals surface area contributed by atoms with Crippen LogP contribution in [0.1, 0.15) is 13.8 Å². The normalized spacial score (nSPS) is 13.1. The molecule has 3 rings (SSSR count). The number of aliphatic hydroxyl groups excluding tert-OH is 1. The van der Waals surface area contributed by atoms with Crippen LogP contribution in [-0.2, 0) is 19.3 Å². The second-order valence-corrected chi connectivity index (χ2v) is 10.0. The molecule has 0 aliphatic carbocycles. The van der Waals surface area contributed by atoms with Crippen molar-refractivity contribution < 1.29 is 23.6 Å². The van der Waals surface area contributed by atoms with Crippen molar-refractivity contribution in [2.75, 3.05) is 35.4 Å². The number of amides is 2. The Morgan fingerprint density at radius 3 is 2.44 bits per heavy atom. The second kappa shape index (κ2) is 12.1.